The average molecular weight is 1230 g/mol. The lowest BCUT2D eigenvalue weighted by Crippen LogP contribution is -2.33. The molecule has 4 heterocycles. The summed E-state index contributed by atoms with van der Waals surface area (Å²) in [5.41, 5.74) is 1.83. The van der Waals surface area contributed by atoms with Gasteiger partial charge in [0.1, 0.15) is 35.6 Å². The predicted molar refractivity (Wildman–Crippen MR) is 277 cm³/mol. The third-order valence-corrected chi connectivity index (χ3v) is 14.8. The van der Waals surface area contributed by atoms with Crippen molar-refractivity contribution in [2.75, 3.05) is 123 Å². The van der Waals surface area contributed by atoms with E-state index in [0.29, 0.717) is 114 Å². The summed E-state index contributed by atoms with van der Waals surface area (Å²) in [5, 5.41) is 39.8. The van der Waals surface area contributed by atoms with Gasteiger partial charge in [0.25, 0.3) is 5.91 Å². The SMILES string of the molecule is O=C(CCOCCOCCOCCOCCn1cc(COCCOCCOCCOCCNC(=O)c2cccc(CNc3nc(Cl)nc4c3cnn4[C@@H]3O[C@H](COP(=O)(O)CP(=O)(O)O)[C@@H](O)[C@H]3O)c2)nn1)Oc1c(F)cc(F)cc1F. The van der Waals surface area contributed by atoms with E-state index in [1.807, 2.05) is 0 Å². The Balaban J connectivity index is 0.720. The Kier molecular flexibility index (Phi) is 27.3. The van der Waals surface area contributed by atoms with Gasteiger partial charge in [-0.05, 0) is 29.3 Å². The van der Waals surface area contributed by atoms with Crippen LogP contribution < -0.4 is 15.4 Å². The molecule has 2 aromatic carbocycles. The Bertz CT molecular complexity index is 2880. The summed E-state index contributed by atoms with van der Waals surface area (Å²) in [6.07, 6.45) is -3.21. The van der Waals surface area contributed by atoms with Crippen molar-refractivity contribution in [1.82, 2.24) is 40.1 Å². The summed E-state index contributed by atoms with van der Waals surface area (Å²) in [6, 6.07) is 7.65. The Morgan fingerprint density at radius 1 is 0.768 bits per heavy atom. The third kappa shape index (κ3) is 22.8. The summed E-state index contributed by atoms with van der Waals surface area (Å²) in [5.74, 6) is -7.21. The fourth-order valence-corrected chi connectivity index (χ4v) is 10.1. The average Bonchev–Trinajstić information content (AvgIpc) is 3.87. The normalized spacial score (nSPS) is 17.1. The van der Waals surface area contributed by atoms with Crippen molar-refractivity contribution in [3.05, 3.63) is 88.3 Å². The number of nitrogens with zero attached hydrogens (tertiary/aromatic N) is 7. The molecule has 454 valence electrons. The van der Waals surface area contributed by atoms with Gasteiger partial charge in [-0.1, -0.05) is 17.3 Å². The quantitative estimate of drug-likeness (QED) is 0.00971. The van der Waals surface area contributed by atoms with Gasteiger partial charge < -0.3 is 87.4 Å². The molecule has 1 unspecified atom stereocenters. The van der Waals surface area contributed by atoms with E-state index in [4.69, 9.17) is 68.5 Å². The molecule has 0 saturated carbocycles. The Labute approximate surface area is 471 Å². The topological polar surface area (TPSA) is 369 Å². The Morgan fingerprint density at radius 3 is 2.02 bits per heavy atom. The number of anilines is 1. The van der Waals surface area contributed by atoms with Crippen molar-refractivity contribution in [1.29, 1.82) is 0 Å². The molecule has 0 radical (unpaired) electrons. The second-order valence-electron chi connectivity index (χ2n) is 17.5. The number of benzene rings is 2. The fraction of sp³-hybridized carbons (Fsp3) is 0.553. The molecular formula is C47H63ClF3N9O20P2. The summed E-state index contributed by atoms with van der Waals surface area (Å²) < 4.78 is 125. The van der Waals surface area contributed by atoms with Crippen molar-refractivity contribution in [3.8, 4) is 5.75 Å². The van der Waals surface area contributed by atoms with Crippen LogP contribution in [0.3, 0.4) is 0 Å². The van der Waals surface area contributed by atoms with E-state index in [-0.39, 0.29) is 75.2 Å². The van der Waals surface area contributed by atoms with Gasteiger partial charge in [-0.2, -0.15) is 15.1 Å². The van der Waals surface area contributed by atoms with Crippen LogP contribution in [0, 0.1) is 17.5 Å². The Morgan fingerprint density at radius 2 is 1.38 bits per heavy atom. The van der Waals surface area contributed by atoms with E-state index in [0.717, 1.165) is 4.68 Å². The fourth-order valence-electron chi connectivity index (χ4n) is 7.32. The van der Waals surface area contributed by atoms with Crippen LogP contribution in [0.4, 0.5) is 19.0 Å². The monoisotopic (exact) mass is 1230 g/mol. The van der Waals surface area contributed by atoms with Gasteiger partial charge in [0.2, 0.25) is 11.0 Å². The zero-order chi connectivity index (χ0) is 58.9. The van der Waals surface area contributed by atoms with Crippen LogP contribution in [0.15, 0.2) is 48.8 Å². The number of rotatable bonds is 40. The highest BCUT2D eigenvalue weighted by Crippen LogP contribution is 2.55. The zero-order valence-corrected chi connectivity index (χ0v) is 46.4. The minimum Gasteiger partial charge on any atom is -0.420 e. The smallest absolute Gasteiger partial charge is 0.340 e. The first-order valence-corrected chi connectivity index (χ1v) is 29.2. The molecular weight excluding hydrogens is 1160 g/mol. The minimum absolute atomic E-state index is 0.0660. The van der Waals surface area contributed by atoms with E-state index in [1.165, 1.54) is 6.20 Å². The lowest BCUT2D eigenvalue weighted by Gasteiger charge is -2.18. The summed E-state index contributed by atoms with van der Waals surface area (Å²) in [6.45, 7) is 4.66. The molecule has 1 aliphatic heterocycles. The van der Waals surface area contributed by atoms with Crippen LogP contribution in [-0.4, -0.2) is 208 Å². The standard InChI is InChI=1S/C47H63ClF3N9O20P2/c48-47-55-43(35-26-54-60(44(35)56-47)46-41(63)40(62)38(79-46)29-78-82(68,69)30-81(65,66)67)53-25-31-2-1-3-32(22-31)45(64)52-5-8-71-11-14-74-18-19-76-20-21-77-28-34-27-59(58-57-34)6-9-72-12-15-75-17-16-73-13-10-70-7-4-39(61)80-42-36(50)23-33(49)24-37(42)51/h1-3,22-24,26-27,38,40-41,46,62-63H,4-21,25,28-30H2,(H,52,64)(H,68,69)(H,53,55,56)(H2,65,66,67)/t38-,40-,41-,46-/m1/s1. The maximum absolute atomic E-state index is 13.6. The molecule has 3 aromatic heterocycles. The molecule has 5 atom stereocenters. The zero-order valence-electron chi connectivity index (χ0n) is 43.9. The van der Waals surface area contributed by atoms with Crippen LogP contribution in [0.25, 0.3) is 11.0 Å². The molecule has 1 saturated heterocycles. The number of fused-ring (bicyclic) bond motifs is 1. The van der Waals surface area contributed by atoms with Gasteiger partial charge in [-0.25, -0.2) is 22.5 Å². The molecule has 82 heavy (non-hydrogen) atoms. The number of hydrogen-bond acceptors (Lipinski definition) is 23. The largest absolute Gasteiger partial charge is 0.420 e. The molecule has 5 aromatic rings. The number of aliphatic hydroxyl groups excluding tert-OH is 2. The third-order valence-electron chi connectivity index (χ3n) is 11.2. The number of halogens is 4. The molecule has 29 nitrogen and oxygen atoms in total. The van der Waals surface area contributed by atoms with Crippen LogP contribution in [0.1, 0.15) is 34.3 Å². The van der Waals surface area contributed by atoms with Crippen molar-refractivity contribution in [2.24, 2.45) is 0 Å². The van der Waals surface area contributed by atoms with Crippen molar-refractivity contribution >= 4 is 55.5 Å². The highest BCUT2D eigenvalue weighted by Gasteiger charge is 2.46. The van der Waals surface area contributed by atoms with E-state index < -0.39 is 81.4 Å². The van der Waals surface area contributed by atoms with Gasteiger partial charge in [0.05, 0.1) is 143 Å². The second kappa shape index (κ2) is 33.9. The highest BCUT2D eigenvalue weighted by molar-refractivity contribution is 7.70. The molecule has 7 N–H and O–H groups in total. The van der Waals surface area contributed by atoms with Crippen LogP contribution in [0.2, 0.25) is 5.28 Å². The molecule has 1 fully saturated rings. The van der Waals surface area contributed by atoms with E-state index in [2.05, 4.69) is 40.7 Å². The van der Waals surface area contributed by atoms with E-state index in [9.17, 15) is 47.0 Å². The van der Waals surface area contributed by atoms with Gasteiger partial charge in [-0.3, -0.25) is 18.7 Å². The number of carbonyl (C=O) groups excluding carboxylic acids is 2. The first-order chi connectivity index (χ1) is 39.4. The number of aliphatic hydroxyl groups is 2. The molecule has 6 rings (SSSR count). The minimum atomic E-state index is -4.91. The number of hydrogen-bond donors (Lipinski definition) is 7. The predicted octanol–water partition coefficient (Wildman–Crippen LogP) is 2.12. The molecule has 1 aliphatic rings. The lowest BCUT2D eigenvalue weighted by atomic mass is 10.1. The van der Waals surface area contributed by atoms with Crippen LogP contribution in [0.5, 0.6) is 5.75 Å². The summed E-state index contributed by atoms with van der Waals surface area (Å²) in [7, 11) is -9.68. The molecule has 0 aliphatic carbocycles. The molecule has 0 bridgehead atoms. The maximum atomic E-state index is 13.6. The van der Waals surface area contributed by atoms with Crippen LogP contribution in [-0.2, 0) is 80.8 Å². The van der Waals surface area contributed by atoms with Gasteiger partial charge in [0, 0.05) is 30.8 Å². The number of ether oxygens (including phenoxy) is 10. The van der Waals surface area contributed by atoms with E-state index >= 15 is 0 Å². The first kappa shape index (κ1) is 66.0. The summed E-state index contributed by atoms with van der Waals surface area (Å²) in [4.78, 5) is 61.0. The number of amides is 1. The Hall–Kier alpha value is -5.19. The van der Waals surface area contributed by atoms with Crippen molar-refractivity contribution < 1.29 is 109 Å². The van der Waals surface area contributed by atoms with Crippen LogP contribution >= 0.6 is 26.8 Å². The number of esters is 1. The number of carbonyl (C=O) groups is 2. The first-order valence-electron chi connectivity index (χ1n) is 25.3. The highest BCUT2D eigenvalue weighted by atomic mass is 35.5. The lowest BCUT2D eigenvalue weighted by molar-refractivity contribution is -0.136. The second-order valence-corrected chi connectivity index (χ2v) is 21.8. The van der Waals surface area contributed by atoms with Gasteiger partial charge in [0.15, 0.2) is 29.4 Å². The molecule has 0 spiro atoms. The van der Waals surface area contributed by atoms with Crippen molar-refractivity contribution in [3.63, 3.8) is 0 Å². The number of aromatic nitrogens is 7. The van der Waals surface area contributed by atoms with Crippen molar-refractivity contribution in [2.45, 2.75) is 50.7 Å². The maximum Gasteiger partial charge on any atom is 0.340 e. The summed E-state index contributed by atoms with van der Waals surface area (Å²) >= 11 is 6.24. The van der Waals surface area contributed by atoms with Gasteiger partial charge in [-0.15, -0.1) is 5.10 Å². The number of nitrogens with one attached hydrogen (secondary N) is 2. The van der Waals surface area contributed by atoms with Gasteiger partial charge >= 0.3 is 21.2 Å². The molecule has 35 heteroatoms. The molecule has 1 amide bonds. The van der Waals surface area contributed by atoms with E-state index in [1.54, 1.807) is 35.1 Å².